The van der Waals surface area contributed by atoms with Crippen molar-refractivity contribution in [2.24, 2.45) is 4.99 Å². The van der Waals surface area contributed by atoms with Crippen molar-refractivity contribution in [1.29, 1.82) is 0 Å². The molecule has 3 N–H and O–H groups in total. The molecule has 0 spiro atoms. The first-order chi connectivity index (χ1) is 8.65. The van der Waals surface area contributed by atoms with Gasteiger partial charge in [-0.15, -0.1) is 0 Å². The molecule has 0 aliphatic carbocycles. The summed E-state index contributed by atoms with van der Waals surface area (Å²) >= 11 is 0. The smallest absolute Gasteiger partial charge is 0.286 e. The van der Waals surface area contributed by atoms with Crippen LogP contribution < -0.4 is 10.6 Å². The van der Waals surface area contributed by atoms with Crippen LogP contribution in [0.2, 0.25) is 0 Å². The van der Waals surface area contributed by atoms with Gasteiger partial charge in [-0.1, -0.05) is 12.1 Å². The van der Waals surface area contributed by atoms with E-state index in [4.69, 9.17) is 5.11 Å². The number of nitrogens with one attached hydrogen (secondary N) is 2. The summed E-state index contributed by atoms with van der Waals surface area (Å²) in [7, 11) is 0. The predicted molar refractivity (Wildman–Crippen MR) is 69.7 cm³/mol. The van der Waals surface area contributed by atoms with Gasteiger partial charge in [0.15, 0.2) is 5.84 Å². The number of benzene rings is 1. The van der Waals surface area contributed by atoms with Crippen molar-refractivity contribution in [2.75, 3.05) is 13.1 Å². The van der Waals surface area contributed by atoms with Crippen LogP contribution in [-0.2, 0) is 11.2 Å². The first-order valence-electron chi connectivity index (χ1n) is 6.02. The fourth-order valence-corrected chi connectivity index (χ4v) is 1.76. The number of hydrogen-bond donors (Lipinski definition) is 3. The largest absolute Gasteiger partial charge is 0.508 e. The summed E-state index contributed by atoms with van der Waals surface area (Å²) in [5.74, 6) is 0.521. The third-order valence-electron chi connectivity index (χ3n) is 2.76. The first kappa shape index (κ1) is 12.4. The molecule has 0 saturated carbocycles. The zero-order valence-corrected chi connectivity index (χ0v) is 10.3. The molecule has 2 rings (SSSR count). The minimum atomic E-state index is -0.155. The molecule has 1 aliphatic rings. The number of rotatable bonds is 4. The van der Waals surface area contributed by atoms with Crippen molar-refractivity contribution >= 4 is 11.7 Å². The molecule has 0 aromatic heterocycles. The number of carbonyl (C=O) groups excluding carboxylic acids is 1. The van der Waals surface area contributed by atoms with Crippen LogP contribution in [0.25, 0.3) is 0 Å². The summed E-state index contributed by atoms with van der Waals surface area (Å²) in [6.07, 6.45) is 0.731. The zero-order valence-electron chi connectivity index (χ0n) is 10.3. The number of amides is 1. The number of carbonyl (C=O) groups is 1. The number of nitrogens with zero attached hydrogens (tertiary/aromatic N) is 1. The highest BCUT2D eigenvalue weighted by molar-refractivity contribution is 6.38. The van der Waals surface area contributed by atoms with Gasteiger partial charge in [0, 0.05) is 12.6 Å². The lowest BCUT2D eigenvalue weighted by Crippen LogP contribution is -2.40. The Morgan fingerprint density at radius 1 is 1.50 bits per heavy atom. The number of amidine groups is 1. The van der Waals surface area contributed by atoms with E-state index in [-0.39, 0.29) is 17.7 Å². The molecule has 1 amide bonds. The van der Waals surface area contributed by atoms with Crippen molar-refractivity contribution in [3.8, 4) is 5.75 Å². The van der Waals surface area contributed by atoms with Crippen molar-refractivity contribution in [2.45, 2.75) is 19.4 Å². The van der Waals surface area contributed by atoms with Crippen LogP contribution in [0, 0.1) is 0 Å². The van der Waals surface area contributed by atoms with E-state index in [1.165, 1.54) is 0 Å². The molecule has 1 heterocycles. The second-order valence-corrected chi connectivity index (χ2v) is 4.41. The summed E-state index contributed by atoms with van der Waals surface area (Å²) in [4.78, 5) is 15.8. The quantitative estimate of drug-likeness (QED) is 0.723. The number of phenols is 1. The van der Waals surface area contributed by atoms with Crippen LogP contribution in [0.3, 0.4) is 0 Å². The average molecular weight is 247 g/mol. The highest BCUT2D eigenvalue weighted by Gasteiger charge is 2.18. The average Bonchev–Trinajstić information content (AvgIpc) is 2.78. The molecule has 0 bridgehead atoms. The maximum Gasteiger partial charge on any atom is 0.286 e. The lowest BCUT2D eigenvalue weighted by Gasteiger charge is -2.07. The van der Waals surface area contributed by atoms with Crippen molar-refractivity contribution < 1.29 is 9.90 Å². The van der Waals surface area contributed by atoms with Gasteiger partial charge in [-0.05, 0) is 31.0 Å². The molecule has 5 heteroatoms. The van der Waals surface area contributed by atoms with Crippen LogP contribution in [0.1, 0.15) is 12.5 Å². The number of aliphatic imine (C=N–C) groups is 1. The van der Waals surface area contributed by atoms with Crippen LogP contribution >= 0.6 is 0 Å². The Morgan fingerprint density at radius 2 is 2.22 bits per heavy atom. The second-order valence-electron chi connectivity index (χ2n) is 4.41. The molecule has 0 radical (unpaired) electrons. The van der Waals surface area contributed by atoms with Crippen LogP contribution in [-0.4, -0.2) is 36.0 Å². The van der Waals surface area contributed by atoms with Crippen LogP contribution in [0.5, 0.6) is 5.75 Å². The van der Waals surface area contributed by atoms with Gasteiger partial charge in [0.05, 0.1) is 6.54 Å². The summed E-state index contributed by atoms with van der Waals surface area (Å²) in [6.45, 7) is 3.19. The summed E-state index contributed by atoms with van der Waals surface area (Å²) in [6, 6.07) is 7.20. The second kappa shape index (κ2) is 5.53. The Balaban J connectivity index is 1.75. The predicted octanol–water partition coefficient (Wildman–Crippen LogP) is 0.441. The maximum atomic E-state index is 11.7. The van der Waals surface area contributed by atoms with Gasteiger partial charge in [-0.2, -0.15) is 0 Å². The fraction of sp³-hybridized carbons (Fsp3) is 0.385. The highest BCUT2D eigenvalue weighted by Crippen LogP contribution is 2.09. The molecule has 5 nitrogen and oxygen atoms in total. The summed E-state index contributed by atoms with van der Waals surface area (Å²) in [5, 5.41) is 15.0. The molecule has 1 unspecified atom stereocenters. The molecular weight excluding hydrogens is 230 g/mol. The molecule has 1 aliphatic heterocycles. The minimum Gasteiger partial charge on any atom is -0.508 e. The molecule has 1 aromatic rings. The van der Waals surface area contributed by atoms with Gasteiger partial charge in [0.25, 0.3) is 5.91 Å². The van der Waals surface area contributed by atoms with Gasteiger partial charge in [0.1, 0.15) is 5.75 Å². The van der Waals surface area contributed by atoms with Crippen molar-refractivity contribution in [3.05, 3.63) is 29.8 Å². The Hall–Kier alpha value is -2.04. The lowest BCUT2D eigenvalue weighted by atomic mass is 10.1. The minimum absolute atomic E-state index is 0.155. The standard InChI is InChI=1S/C13H17N3O2/c1-9-8-15-12(16-9)13(18)14-7-6-10-2-4-11(17)5-3-10/h2-5,9,17H,6-8H2,1H3,(H,14,18)(H,15,16). The van der Waals surface area contributed by atoms with E-state index in [1.54, 1.807) is 12.1 Å². The Bertz CT molecular complexity index is 454. The van der Waals surface area contributed by atoms with Crippen LogP contribution in [0.4, 0.5) is 0 Å². The van der Waals surface area contributed by atoms with Gasteiger partial charge in [0.2, 0.25) is 0 Å². The lowest BCUT2D eigenvalue weighted by molar-refractivity contribution is -0.114. The SMILES string of the molecule is CC1CN=C(C(=O)NCCc2ccc(O)cc2)N1. The Labute approximate surface area is 106 Å². The molecule has 1 aromatic carbocycles. The summed E-state index contributed by atoms with van der Waals surface area (Å²) in [5.41, 5.74) is 1.07. The van der Waals surface area contributed by atoms with E-state index in [9.17, 15) is 4.79 Å². The normalized spacial score (nSPS) is 18.1. The summed E-state index contributed by atoms with van der Waals surface area (Å²) < 4.78 is 0. The first-order valence-corrected chi connectivity index (χ1v) is 6.02. The van der Waals surface area contributed by atoms with Crippen molar-refractivity contribution in [1.82, 2.24) is 10.6 Å². The van der Waals surface area contributed by atoms with Gasteiger partial charge in [-0.3, -0.25) is 9.79 Å². The molecule has 0 saturated heterocycles. The third kappa shape index (κ3) is 3.23. The van der Waals surface area contributed by atoms with E-state index in [1.807, 2.05) is 19.1 Å². The third-order valence-corrected chi connectivity index (χ3v) is 2.76. The van der Waals surface area contributed by atoms with E-state index >= 15 is 0 Å². The fourth-order valence-electron chi connectivity index (χ4n) is 1.76. The van der Waals surface area contributed by atoms with Gasteiger partial charge < -0.3 is 15.7 Å². The van der Waals surface area contributed by atoms with Crippen LogP contribution in [0.15, 0.2) is 29.3 Å². The number of hydrogen-bond acceptors (Lipinski definition) is 4. The van der Waals surface area contributed by atoms with E-state index in [2.05, 4.69) is 15.6 Å². The zero-order chi connectivity index (χ0) is 13.0. The Morgan fingerprint density at radius 3 is 2.83 bits per heavy atom. The monoisotopic (exact) mass is 247 g/mol. The number of phenolic OH excluding ortho intramolecular Hbond substituents is 1. The van der Waals surface area contributed by atoms with E-state index < -0.39 is 0 Å². The Kier molecular flexibility index (Phi) is 3.82. The number of aromatic hydroxyl groups is 1. The maximum absolute atomic E-state index is 11.7. The molecule has 96 valence electrons. The highest BCUT2D eigenvalue weighted by atomic mass is 16.3. The van der Waals surface area contributed by atoms with E-state index in [0.29, 0.717) is 18.9 Å². The van der Waals surface area contributed by atoms with Crippen molar-refractivity contribution in [3.63, 3.8) is 0 Å². The molecule has 0 fully saturated rings. The molecule has 18 heavy (non-hydrogen) atoms. The van der Waals surface area contributed by atoms with Gasteiger partial charge >= 0.3 is 0 Å². The topological polar surface area (TPSA) is 73.7 Å². The molecule has 1 atom stereocenters. The molecular formula is C13H17N3O2. The van der Waals surface area contributed by atoms with Gasteiger partial charge in [-0.25, -0.2) is 0 Å². The van der Waals surface area contributed by atoms with E-state index in [0.717, 1.165) is 12.0 Å².